The van der Waals surface area contributed by atoms with Crippen molar-refractivity contribution in [3.63, 3.8) is 0 Å². The van der Waals surface area contributed by atoms with Gasteiger partial charge in [-0.1, -0.05) is 6.07 Å². The Morgan fingerprint density at radius 3 is 2.59 bits per heavy atom. The fourth-order valence-corrected chi connectivity index (χ4v) is 2.27. The highest BCUT2D eigenvalue weighted by Gasteiger charge is 2.43. The molecule has 1 amide bonds. The SMILES string of the molecule is NC(=O)c1cc(-c2ccnc(Nc3cccc(OC(F)(F)C(F)F)c3)n2)ccn1. The number of nitrogens with zero attached hydrogens (tertiary/aromatic N) is 3. The van der Waals surface area contributed by atoms with Crippen molar-refractivity contribution < 1.29 is 27.1 Å². The molecule has 0 fully saturated rings. The van der Waals surface area contributed by atoms with E-state index in [0.717, 1.165) is 12.1 Å². The molecule has 11 heteroatoms. The Labute approximate surface area is 161 Å². The molecule has 0 unspecified atom stereocenters. The summed E-state index contributed by atoms with van der Waals surface area (Å²) in [7, 11) is 0. The van der Waals surface area contributed by atoms with E-state index in [4.69, 9.17) is 5.73 Å². The number of amides is 1. The topological polar surface area (TPSA) is 103 Å². The summed E-state index contributed by atoms with van der Waals surface area (Å²) in [6.07, 6.45) is -5.76. The van der Waals surface area contributed by atoms with E-state index in [2.05, 4.69) is 25.0 Å². The Balaban J connectivity index is 1.82. The number of aromatic nitrogens is 3. The van der Waals surface area contributed by atoms with Crippen molar-refractivity contribution in [3.05, 3.63) is 60.6 Å². The van der Waals surface area contributed by atoms with Gasteiger partial charge in [-0.05, 0) is 30.3 Å². The normalized spacial score (nSPS) is 11.3. The van der Waals surface area contributed by atoms with Gasteiger partial charge in [0, 0.05) is 29.7 Å². The van der Waals surface area contributed by atoms with E-state index < -0.39 is 24.2 Å². The van der Waals surface area contributed by atoms with E-state index in [1.54, 1.807) is 12.1 Å². The van der Waals surface area contributed by atoms with Crippen LogP contribution >= 0.6 is 0 Å². The number of pyridine rings is 1. The Kier molecular flexibility index (Phi) is 5.57. The number of hydrogen-bond donors (Lipinski definition) is 2. The zero-order valence-corrected chi connectivity index (χ0v) is 14.5. The maximum atomic E-state index is 13.1. The van der Waals surface area contributed by atoms with E-state index >= 15 is 0 Å². The molecule has 2 aromatic heterocycles. The monoisotopic (exact) mass is 407 g/mol. The summed E-state index contributed by atoms with van der Waals surface area (Å²) in [4.78, 5) is 23.4. The Hall–Kier alpha value is -3.76. The first-order chi connectivity index (χ1) is 13.7. The number of ether oxygens (including phenoxy) is 1. The first kappa shape index (κ1) is 20.0. The molecule has 0 bridgehead atoms. The summed E-state index contributed by atoms with van der Waals surface area (Å²) < 4.78 is 54.8. The minimum Gasteiger partial charge on any atom is -0.428 e. The van der Waals surface area contributed by atoms with Crippen molar-refractivity contribution >= 4 is 17.5 Å². The lowest BCUT2D eigenvalue weighted by Gasteiger charge is -2.17. The third-order valence-corrected chi connectivity index (χ3v) is 3.56. The molecular formula is C18H13F4N5O2. The molecule has 150 valence electrons. The number of carbonyl (C=O) groups is 1. The standard InChI is InChI=1S/C18H13F4N5O2/c19-16(20)18(21,22)29-12-3-1-2-11(9-12)26-17-25-7-5-13(27-17)10-4-6-24-14(8-10)15(23)28/h1-9,16H,(H2,23,28)(H,25,26,27). The van der Waals surface area contributed by atoms with Crippen molar-refractivity contribution in [2.24, 2.45) is 5.73 Å². The molecule has 7 nitrogen and oxygen atoms in total. The lowest BCUT2D eigenvalue weighted by Crippen LogP contribution is -2.33. The van der Waals surface area contributed by atoms with E-state index in [1.165, 1.54) is 30.6 Å². The minimum absolute atomic E-state index is 0.0560. The molecule has 0 aliphatic rings. The van der Waals surface area contributed by atoms with Crippen LogP contribution in [0.4, 0.5) is 29.2 Å². The van der Waals surface area contributed by atoms with Gasteiger partial charge in [0.05, 0.1) is 5.69 Å². The molecule has 0 radical (unpaired) electrons. The highest BCUT2D eigenvalue weighted by Crippen LogP contribution is 2.29. The lowest BCUT2D eigenvalue weighted by molar-refractivity contribution is -0.253. The number of primary amides is 1. The third-order valence-electron chi connectivity index (χ3n) is 3.56. The molecule has 3 N–H and O–H groups in total. The summed E-state index contributed by atoms with van der Waals surface area (Å²) in [6.45, 7) is 0. The van der Waals surface area contributed by atoms with Gasteiger partial charge in [-0.25, -0.2) is 9.97 Å². The Morgan fingerprint density at radius 1 is 1.10 bits per heavy atom. The van der Waals surface area contributed by atoms with E-state index in [0.29, 0.717) is 11.3 Å². The number of carbonyl (C=O) groups excluding carboxylic acids is 1. The van der Waals surface area contributed by atoms with Crippen LogP contribution in [0, 0.1) is 0 Å². The van der Waals surface area contributed by atoms with Gasteiger partial charge in [0.15, 0.2) is 0 Å². The first-order valence-corrected chi connectivity index (χ1v) is 8.06. The van der Waals surface area contributed by atoms with Crippen molar-refractivity contribution in [1.29, 1.82) is 0 Å². The number of anilines is 2. The fraction of sp³-hybridized carbons (Fsp3) is 0.111. The van der Waals surface area contributed by atoms with Crippen LogP contribution in [0.5, 0.6) is 5.75 Å². The molecule has 3 aromatic rings. The van der Waals surface area contributed by atoms with Crippen LogP contribution in [0.1, 0.15) is 10.5 Å². The van der Waals surface area contributed by atoms with Gasteiger partial charge in [0.1, 0.15) is 11.4 Å². The fourth-order valence-electron chi connectivity index (χ4n) is 2.27. The quantitative estimate of drug-likeness (QED) is 0.580. The molecule has 2 heterocycles. The highest BCUT2D eigenvalue weighted by molar-refractivity contribution is 5.91. The highest BCUT2D eigenvalue weighted by atomic mass is 19.3. The Bertz CT molecular complexity index is 1030. The van der Waals surface area contributed by atoms with E-state index in [9.17, 15) is 22.4 Å². The van der Waals surface area contributed by atoms with Crippen LogP contribution in [0.25, 0.3) is 11.3 Å². The van der Waals surface area contributed by atoms with Gasteiger partial charge in [-0.2, -0.15) is 17.6 Å². The maximum Gasteiger partial charge on any atom is 0.461 e. The second-order valence-electron chi connectivity index (χ2n) is 5.68. The van der Waals surface area contributed by atoms with Crippen LogP contribution in [-0.4, -0.2) is 33.4 Å². The van der Waals surface area contributed by atoms with Gasteiger partial charge in [0.2, 0.25) is 5.95 Å². The number of rotatable bonds is 7. The van der Waals surface area contributed by atoms with Gasteiger partial charge >= 0.3 is 12.5 Å². The minimum atomic E-state index is -4.62. The van der Waals surface area contributed by atoms with E-state index in [-0.39, 0.29) is 17.3 Å². The maximum absolute atomic E-state index is 13.1. The van der Waals surface area contributed by atoms with Crippen molar-refractivity contribution in [3.8, 4) is 17.0 Å². The van der Waals surface area contributed by atoms with Gasteiger partial charge in [0.25, 0.3) is 5.91 Å². The summed E-state index contributed by atoms with van der Waals surface area (Å²) >= 11 is 0. The van der Waals surface area contributed by atoms with Crippen molar-refractivity contribution in [2.75, 3.05) is 5.32 Å². The van der Waals surface area contributed by atoms with Crippen molar-refractivity contribution in [2.45, 2.75) is 12.5 Å². The van der Waals surface area contributed by atoms with E-state index in [1.807, 2.05) is 0 Å². The van der Waals surface area contributed by atoms with Gasteiger partial charge in [-0.15, -0.1) is 0 Å². The molecular weight excluding hydrogens is 394 g/mol. The number of nitrogens with two attached hydrogens (primary N) is 1. The molecule has 1 aromatic carbocycles. The molecule has 0 aliphatic carbocycles. The average Bonchev–Trinajstić information content (AvgIpc) is 2.68. The molecule has 29 heavy (non-hydrogen) atoms. The molecule has 0 saturated carbocycles. The summed E-state index contributed by atoms with van der Waals surface area (Å²) in [5.41, 5.74) is 6.48. The van der Waals surface area contributed by atoms with Crippen LogP contribution in [0.15, 0.2) is 54.9 Å². The van der Waals surface area contributed by atoms with Crippen LogP contribution in [0.3, 0.4) is 0 Å². The van der Waals surface area contributed by atoms with Gasteiger partial charge in [-0.3, -0.25) is 9.78 Å². The summed E-state index contributed by atoms with van der Waals surface area (Å²) in [5.74, 6) is -1.06. The van der Waals surface area contributed by atoms with Crippen LogP contribution < -0.4 is 15.8 Å². The van der Waals surface area contributed by atoms with Crippen molar-refractivity contribution in [1.82, 2.24) is 15.0 Å². The molecule has 3 rings (SSSR count). The van der Waals surface area contributed by atoms with Crippen LogP contribution in [0.2, 0.25) is 0 Å². The smallest absolute Gasteiger partial charge is 0.428 e. The summed E-state index contributed by atoms with van der Waals surface area (Å²) in [6, 6.07) is 9.68. The zero-order chi connectivity index (χ0) is 21.0. The zero-order valence-electron chi connectivity index (χ0n) is 14.5. The number of hydrogen-bond acceptors (Lipinski definition) is 6. The molecule has 0 aliphatic heterocycles. The molecule has 0 atom stereocenters. The largest absolute Gasteiger partial charge is 0.461 e. The average molecular weight is 407 g/mol. The lowest BCUT2D eigenvalue weighted by atomic mass is 10.1. The predicted octanol–water partition coefficient (Wildman–Crippen LogP) is 3.62. The number of nitrogens with one attached hydrogen (secondary N) is 1. The Morgan fingerprint density at radius 2 is 1.86 bits per heavy atom. The molecule has 0 spiro atoms. The first-order valence-electron chi connectivity index (χ1n) is 8.06. The summed E-state index contributed by atoms with van der Waals surface area (Å²) in [5, 5.41) is 2.76. The van der Waals surface area contributed by atoms with Crippen LogP contribution in [-0.2, 0) is 0 Å². The molecule has 0 saturated heterocycles. The van der Waals surface area contributed by atoms with Gasteiger partial charge < -0.3 is 15.8 Å². The number of alkyl halides is 4. The third kappa shape index (κ3) is 4.94. The number of benzene rings is 1. The predicted molar refractivity (Wildman–Crippen MR) is 95.1 cm³/mol. The second-order valence-corrected chi connectivity index (χ2v) is 5.68. The second kappa shape index (κ2) is 8.09. The number of halogens is 4.